The van der Waals surface area contributed by atoms with Gasteiger partial charge in [0.15, 0.2) is 0 Å². The zero-order chi connectivity index (χ0) is 16.9. The molecule has 1 saturated carbocycles. The van der Waals surface area contributed by atoms with E-state index in [1.807, 2.05) is 38.5 Å². The molecule has 0 spiro atoms. The Morgan fingerprint density at radius 1 is 1.38 bits per heavy atom. The van der Waals surface area contributed by atoms with Crippen molar-refractivity contribution in [1.82, 2.24) is 20.0 Å². The van der Waals surface area contributed by atoms with E-state index in [9.17, 15) is 4.79 Å². The fraction of sp³-hybridized carbons (Fsp3) is 0.474. The highest BCUT2D eigenvalue weighted by Crippen LogP contribution is 2.34. The van der Waals surface area contributed by atoms with Gasteiger partial charge < -0.3 is 10.2 Å². The summed E-state index contributed by atoms with van der Waals surface area (Å²) in [6, 6.07) is 10.3. The number of nitrogens with zero attached hydrogens (tertiary/aromatic N) is 3. The standard InChI is InChI=1S/C19H26N4O/c1-22(13-16-12-20-23(2)14-16)19(24)21-18(11-15-7-6-8-15)17-9-4-3-5-10-17/h3-5,9-10,12,14-15,18H,6-8,11,13H2,1-2H3,(H,21,24). The van der Waals surface area contributed by atoms with Crippen LogP contribution in [0.5, 0.6) is 0 Å². The molecule has 1 aromatic carbocycles. The van der Waals surface area contributed by atoms with Gasteiger partial charge >= 0.3 is 6.03 Å². The van der Waals surface area contributed by atoms with Crippen molar-refractivity contribution in [2.24, 2.45) is 13.0 Å². The normalized spacial score (nSPS) is 15.6. The first-order chi connectivity index (χ1) is 11.6. The quantitative estimate of drug-likeness (QED) is 0.883. The Morgan fingerprint density at radius 2 is 2.12 bits per heavy atom. The van der Waals surface area contributed by atoms with Crippen LogP contribution in [0.3, 0.4) is 0 Å². The van der Waals surface area contributed by atoms with E-state index >= 15 is 0 Å². The number of carbonyl (C=O) groups excluding carboxylic acids is 1. The van der Waals surface area contributed by atoms with Gasteiger partial charge in [0.05, 0.1) is 18.8 Å². The third-order valence-corrected chi connectivity index (χ3v) is 4.82. The van der Waals surface area contributed by atoms with Gasteiger partial charge in [-0.3, -0.25) is 4.68 Å². The summed E-state index contributed by atoms with van der Waals surface area (Å²) < 4.78 is 1.75. The van der Waals surface area contributed by atoms with Crippen LogP contribution in [0.15, 0.2) is 42.7 Å². The Balaban J connectivity index is 1.63. The fourth-order valence-electron chi connectivity index (χ4n) is 3.18. The lowest BCUT2D eigenvalue weighted by Crippen LogP contribution is -2.40. The van der Waals surface area contributed by atoms with Crippen LogP contribution in [0.1, 0.15) is 42.9 Å². The number of carbonyl (C=O) groups is 1. The molecule has 0 aliphatic heterocycles. The van der Waals surface area contributed by atoms with Crippen molar-refractivity contribution < 1.29 is 4.79 Å². The third-order valence-electron chi connectivity index (χ3n) is 4.82. The molecule has 1 atom stereocenters. The summed E-state index contributed by atoms with van der Waals surface area (Å²) in [6.45, 7) is 0.560. The average molecular weight is 326 g/mol. The minimum atomic E-state index is -0.0352. The highest BCUT2D eigenvalue weighted by Gasteiger charge is 2.25. The van der Waals surface area contributed by atoms with E-state index in [0.717, 1.165) is 17.9 Å². The highest BCUT2D eigenvalue weighted by atomic mass is 16.2. The van der Waals surface area contributed by atoms with Gasteiger partial charge in [0.2, 0.25) is 0 Å². The van der Waals surface area contributed by atoms with Crippen LogP contribution >= 0.6 is 0 Å². The van der Waals surface area contributed by atoms with Crippen LogP contribution in [-0.2, 0) is 13.6 Å². The van der Waals surface area contributed by atoms with Gasteiger partial charge in [0.25, 0.3) is 0 Å². The molecule has 1 unspecified atom stereocenters. The van der Waals surface area contributed by atoms with Crippen molar-refractivity contribution in [2.45, 2.75) is 38.3 Å². The summed E-state index contributed by atoms with van der Waals surface area (Å²) in [5.74, 6) is 0.735. The zero-order valence-electron chi connectivity index (χ0n) is 14.5. The molecule has 0 bridgehead atoms. The molecule has 0 radical (unpaired) electrons. The lowest BCUT2D eigenvalue weighted by Gasteiger charge is -2.31. The van der Waals surface area contributed by atoms with Crippen molar-refractivity contribution in [3.63, 3.8) is 0 Å². The Hall–Kier alpha value is -2.30. The largest absolute Gasteiger partial charge is 0.331 e. The summed E-state index contributed by atoms with van der Waals surface area (Å²) in [6.07, 6.45) is 8.65. The van der Waals surface area contributed by atoms with Crippen molar-refractivity contribution >= 4 is 6.03 Å². The van der Waals surface area contributed by atoms with Gasteiger partial charge in [-0.05, 0) is 17.9 Å². The molecule has 1 N–H and O–H groups in total. The Labute approximate surface area is 143 Å². The maximum absolute atomic E-state index is 12.6. The van der Waals surface area contributed by atoms with Gasteiger partial charge in [-0.1, -0.05) is 49.6 Å². The average Bonchev–Trinajstić information content (AvgIpc) is 2.95. The summed E-state index contributed by atoms with van der Waals surface area (Å²) in [5, 5.41) is 7.37. The minimum absolute atomic E-state index is 0.0352. The molecule has 5 heteroatoms. The number of benzene rings is 1. The molecule has 1 aliphatic rings. The van der Waals surface area contributed by atoms with Crippen LogP contribution < -0.4 is 5.32 Å². The van der Waals surface area contributed by atoms with Gasteiger partial charge in [-0.25, -0.2) is 4.79 Å². The van der Waals surface area contributed by atoms with Crippen LogP contribution in [0.4, 0.5) is 4.79 Å². The first kappa shape index (κ1) is 16.6. The van der Waals surface area contributed by atoms with E-state index in [1.54, 1.807) is 15.8 Å². The van der Waals surface area contributed by atoms with Crippen molar-refractivity contribution in [3.05, 3.63) is 53.9 Å². The summed E-state index contributed by atoms with van der Waals surface area (Å²) >= 11 is 0. The number of aryl methyl sites for hydroxylation is 1. The van der Waals surface area contributed by atoms with Crippen molar-refractivity contribution in [2.75, 3.05) is 7.05 Å². The molecular weight excluding hydrogens is 300 g/mol. The molecule has 3 rings (SSSR count). The second-order valence-electron chi connectivity index (χ2n) is 6.82. The summed E-state index contributed by atoms with van der Waals surface area (Å²) in [7, 11) is 3.71. The van der Waals surface area contributed by atoms with E-state index < -0.39 is 0 Å². The predicted octanol–water partition coefficient (Wildman–Crippen LogP) is 3.49. The number of amides is 2. The monoisotopic (exact) mass is 326 g/mol. The van der Waals surface area contributed by atoms with Crippen LogP contribution in [0.25, 0.3) is 0 Å². The van der Waals surface area contributed by atoms with Crippen molar-refractivity contribution in [3.8, 4) is 0 Å². The van der Waals surface area contributed by atoms with Crippen LogP contribution in [0, 0.1) is 5.92 Å². The second kappa shape index (κ2) is 7.51. The maximum Gasteiger partial charge on any atom is 0.317 e. The Kier molecular flexibility index (Phi) is 5.18. The minimum Gasteiger partial charge on any atom is -0.331 e. The molecule has 5 nitrogen and oxygen atoms in total. The van der Waals surface area contributed by atoms with E-state index in [-0.39, 0.29) is 12.1 Å². The van der Waals surface area contributed by atoms with Gasteiger partial charge in [0.1, 0.15) is 0 Å². The topological polar surface area (TPSA) is 50.2 Å². The summed E-state index contributed by atoms with van der Waals surface area (Å²) in [4.78, 5) is 14.3. The van der Waals surface area contributed by atoms with Gasteiger partial charge in [-0.2, -0.15) is 5.10 Å². The molecule has 128 valence electrons. The van der Waals surface area contributed by atoms with E-state index in [2.05, 4.69) is 22.5 Å². The van der Waals surface area contributed by atoms with Crippen LogP contribution in [0.2, 0.25) is 0 Å². The first-order valence-corrected chi connectivity index (χ1v) is 8.66. The molecule has 0 saturated heterocycles. The third kappa shape index (κ3) is 4.16. The fourth-order valence-corrected chi connectivity index (χ4v) is 3.18. The molecule has 2 aromatic rings. The number of aromatic nitrogens is 2. The maximum atomic E-state index is 12.6. The zero-order valence-corrected chi connectivity index (χ0v) is 14.5. The lowest BCUT2D eigenvalue weighted by atomic mass is 9.79. The number of nitrogens with one attached hydrogen (secondary N) is 1. The molecule has 1 fully saturated rings. The first-order valence-electron chi connectivity index (χ1n) is 8.66. The van der Waals surface area contributed by atoms with E-state index in [1.165, 1.54) is 24.8 Å². The molecule has 1 heterocycles. The molecule has 1 aliphatic carbocycles. The SMILES string of the molecule is CN(Cc1cnn(C)c1)C(=O)NC(CC1CCC1)c1ccccc1. The predicted molar refractivity (Wildman–Crippen MR) is 94.3 cm³/mol. The van der Waals surface area contributed by atoms with Crippen molar-refractivity contribution in [1.29, 1.82) is 0 Å². The second-order valence-corrected chi connectivity index (χ2v) is 6.82. The number of urea groups is 1. The lowest BCUT2D eigenvalue weighted by molar-refractivity contribution is 0.195. The molecule has 1 aromatic heterocycles. The molecular formula is C19H26N4O. The highest BCUT2D eigenvalue weighted by molar-refractivity contribution is 5.74. The van der Waals surface area contributed by atoms with E-state index in [0.29, 0.717) is 6.54 Å². The van der Waals surface area contributed by atoms with E-state index in [4.69, 9.17) is 0 Å². The Morgan fingerprint density at radius 3 is 2.71 bits per heavy atom. The summed E-state index contributed by atoms with van der Waals surface area (Å²) in [5.41, 5.74) is 2.22. The van der Waals surface area contributed by atoms with Gasteiger partial charge in [0, 0.05) is 25.9 Å². The van der Waals surface area contributed by atoms with Crippen LogP contribution in [-0.4, -0.2) is 27.8 Å². The Bertz CT molecular complexity index is 663. The number of rotatable bonds is 6. The van der Waals surface area contributed by atoms with Gasteiger partial charge in [-0.15, -0.1) is 0 Å². The number of hydrogen-bond donors (Lipinski definition) is 1. The molecule has 24 heavy (non-hydrogen) atoms. The molecule has 2 amide bonds. The smallest absolute Gasteiger partial charge is 0.317 e. The number of hydrogen-bond acceptors (Lipinski definition) is 2.